The smallest absolute Gasteiger partial charge is 0.361 e. The molecule has 0 saturated heterocycles. The molecule has 2 N–H and O–H groups in total. The van der Waals surface area contributed by atoms with Gasteiger partial charge in [0.1, 0.15) is 0 Å². The van der Waals surface area contributed by atoms with Crippen molar-refractivity contribution in [1.29, 1.82) is 0 Å². The Balaban J connectivity index is 2.55. The molecule has 1 rings (SSSR count). The Morgan fingerprint density at radius 1 is 1.33 bits per heavy atom. The molecule has 0 aliphatic heterocycles. The first-order valence-corrected chi connectivity index (χ1v) is 6.77. The van der Waals surface area contributed by atoms with Crippen molar-refractivity contribution in [2.45, 2.75) is 70.3 Å². The summed E-state index contributed by atoms with van der Waals surface area (Å²) in [4.78, 5) is 0. The Kier molecular flexibility index (Phi) is 5.46. The van der Waals surface area contributed by atoms with Gasteiger partial charge >= 0.3 is 6.18 Å². The number of nitrogens with two attached hydrogens (primary N) is 1. The Hall–Kier alpha value is -0.290. The number of hydrogen-bond acceptors (Lipinski definition) is 2. The van der Waals surface area contributed by atoms with E-state index in [2.05, 4.69) is 6.92 Å². The Bertz CT molecular complexity index is 247. The van der Waals surface area contributed by atoms with E-state index in [1.165, 1.54) is 0 Å². The summed E-state index contributed by atoms with van der Waals surface area (Å²) >= 11 is 0. The third kappa shape index (κ3) is 4.12. The van der Waals surface area contributed by atoms with E-state index in [-0.39, 0.29) is 6.54 Å². The molecule has 1 unspecified atom stereocenters. The molecule has 1 fully saturated rings. The molecular weight excluding hydrogens is 243 g/mol. The van der Waals surface area contributed by atoms with Gasteiger partial charge in [0, 0.05) is 6.54 Å². The SMILES string of the molecule is CCCC1CCC(CN)(OC(C)C(F)(F)F)CC1. The summed E-state index contributed by atoms with van der Waals surface area (Å²) in [5.74, 6) is 0.625. The third-order valence-electron chi connectivity index (χ3n) is 3.97. The van der Waals surface area contributed by atoms with Crippen LogP contribution in [0.15, 0.2) is 0 Å². The van der Waals surface area contributed by atoms with Crippen LogP contribution in [0, 0.1) is 5.92 Å². The number of rotatable bonds is 5. The lowest BCUT2D eigenvalue weighted by Crippen LogP contribution is -2.48. The second kappa shape index (κ2) is 6.24. The third-order valence-corrected chi connectivity index (χ3v) is 3.97. The van der Waals surface area contributed by atoms with Crippen molar-refractivity contribution < 1.29 is 17.9 Å². The molecule has 0 aromatic carbocycles. The minimum Gasteiger partial charge on any atom is -0.361 e. The van der Waals surface area contributed by atoms with E-state index in [9.17, 15) is 13.2 Å². The van der Waals surface area contributed by atoms with Crippen LogP contribution in [-0.4, -0.2) is 24.4 Å². The normalized spacial score (nSPS) is 31.3. The molecule has 0 aromatic heterocycles. The molecule has 0 spiro atoms. The molecule has 0 radical (unpaired) electrons. The van der Waals surface area contributed by atoms with Gasteiger partial charge in [-0.05, 0) is 38.5 Å². The molecule has 0 heterocycles. The van der Waals surface area contributed by atoms with Gasteiger partial charge in [0.2, 0.25) is 0 Å². The maximum absolute atomic E-state index is 12.5. The Labute approximate surface area is 107 Å². The molecule has 1 aliphatic rings. The zero-order chi connectivity index (χ0) is 13.8. The van der Waals surface area contributed by atoms with Crippen LogP contribution in [0.5, 0.6) is 0 Å². The van der Waals surface area contributed by atoms with E-state index in [0.29, 0.717) is 18.8 Å². The van der Waals surface area contributed by atoms with Gasteiger partial charge in [-0.1, -0.05) is 19.8 Å². The number of ether oxygens (including phenoxy) is 1. The van der Waals surface area contributed by atoms with Gasteiger partial charge in [0.25, 0.3) is 0 Å². The van der Waals surface area contributed by atoms with Gasteiger partial charge in [-0.25, -0.2) is 0 Å². The predicted octanol–water partition coefficient (Wildman–Crippen LogP) is 3.64. The van der Waals surface area contributed by atoms with E-state index < -0.39 is 17.9 Å². The van der Waals surface area contributed by atoms with Crippen molar-refractivity contribution in [3.63, 3.8) is 0 Å². The highest BCUT2D eigenvalue weighted by Gasteiger charge is 2.44. The molecule has 1 saturated carbocycles. The summed E-state index contributed by atoms with van der Waals surface area (Å²) in [5.41, 5.74) is 4.89. The molecule has 0 bridgehead atoms. The van der Waals surface area contributed by atoms with Crippen LogP contribution in [0.2, 0.25) is 0 Å². The van der Waals surface area contributed by atoms with Crippen LogP contribution in [0.3, 0.4) is 0 Å². The molecule has 108 valence electrons. The van der Waals surface area contributed by atoms with E-state index in [1.54, 1.807) is 0 Å². The molecule has 0 amide bonds. The van der Waals surface area contributed by atoms with Crippen LogP contribution < -0.4 is 5.73 Å². The van der Waals surface area contributed by atoms with Crippen molar-refractivity contribution >= 4 is 0 Å². The molecule has 5 heteroatoms. The zero-order valence-electron chi connectivity index (χ0n) is 11.2. The maximum Gasteiger partial charge on any atom is 0.414 e. The van der Waals surface area contributed by atoms with Crippen LogP contribution in [0.1, 0.15) is 52.4 Å². The fourth-order valence-corrected chi connectivity index (χ4v) is 2.71. The molecule has 1 aliphatic carbocycles. The zero-order valence-corrected chi connectivity index (χ0v) is 11.2. The Morgan fingerprint density at radius 2 is 1.89 bits per heavy atom. The molecule has 18 heavy (non-hydrogen) atoms. The monoisotopic (exact) mass is 267 g/mol. The van der Waals surface area contributed by atoms with Gasteiger partial charge in [-0.15, -0.1) is 0 Å². The Morgan fingerprint density at radius 3 is 2.28 bits per heavy atom. The van der Waals surface area contributed by atoms with Crippen LogP contribution in [0.25, 0.3) is 0 Å². The second-order valence-corrected chi connectivity index (χ2v) is 5.42. The molecule has 2 nitrogen and oxygen atoms in total. The van der Waals surface area contributed by atoms with Gasteiger partial charge in [0.15, 0.2) is 6.10 Å². The summed E-state index contributed by atoms with van der Waals surface area (Å²) in [6.45, 7) is 3.37. The first-order valence-electron chi connectivity index (χ1n) is 6.77. The minimum atomic E-state index is -4.30. The highest BCUT2D eigenvalue weighted by Crippen LogP contribution is 2.38. The average Bonchev–Trinajstić information content (AvgIpc) is 2.31. The largest absolute Gasteiger partial charge is 0.414 e. The minimum absolute atomic E-state index is 0.173. The maximum atomic E-state index is 12.5. The van der Waals surface area contributed by atoms with E-state index in [0.717, 1.165) is 32.6 Å². The first-order chi connectivity index (χ1) is 8.33. The lowest BCUT2D eigenvalue weighted by Gasteiger charge is -2.41. The summed E-state index contributed by atoms with van der Waals surface area (Å²) in [7, 11) is 0. The van der Waals surface area contributed by atoms with E-state index in [4.69, 9.17) is 10.5 Å². The highest BCUT2D eigenvalue weighted by molar-refractivity contribution is 4.89. The van der Waals surface area contributed by atoms with Gasteiger partial charge in [0.05, 0.1) is 5.60 Å². The fourth-order valence-electron chi connectivity index (χ4n) is 2.71. The number of halogens is 3. The molecule has 1 atom stereocenters. The number of hydrogen-bond donors (Lipinski definition) is 1. The van der Waals surface area contributed by atoms with Gasteiger partial charge in [-0.3, -0.25) is 0 Å². The van der Waals surface area contributed by atoms with Crippen molar-refractivity contribution in [3.8, 4) is 0 Å². The lowest BCUT2D eigenvalue weighted by atomic mass is 9.77. The van der Waals surface area contributed by atoms with Crippen LogP contribution >= 0.6 is 0 Å². The van der Waals surface area contributed by atoms with E-state index in [1.807, 2.05) is 0 Å². The fraction of sp³-hybridized carbons (Fsp3) is 1.00. The summed E-state index contributed by atoms with van der Waals surface area (Å²) in [5, 5.41) is 0. The summed E-state index contributed by atoms with van der Waals surface area (Å²) < 4.78 is 42.9. The summed E-state index contributed by atoms with van der Waals surface area (Å²) in [6.07, 6.45) is -0.615. The quantitative estimate of drug-likeness (QED) is 0.825. The van der Waals surface area contributed by atoms with Crippen molar-refractivity contribution in [2.24, 2.45) is 11.7 Å². The second-order valence-electron chi connectivity index (χ2n) is 5.42. The van der Waals surface area contributed by atoms with Gasteiger partial charge in [-0.2, -0.15) is 13.2 Å². The van der Waals surface area contributed by atoms with Crippen molar-refractivity contribution in [1.82, 2.24) is 0 Å². The number of alkyl halides is 3. The van der Waals surface area contributed by atoms with E-state index >= 15 is 0 Å². The van der Waals surface area contributed by atoms with Crippen LogP contribution in [-0.2, 0) is 4.74 Å². The first kappa shape index (κ1) is 15.8. The highest BCUT2D eigenvalue weighted by atomic mass is 19.4. The topological polar surface area (TPSA) is 35.2 Å². The predicted molar refractivity (Wildman–Crippen MR) is 65.3 cm³/mol. The molecule has 0 aromatic rings. The van der Waals surface area contributed by atoms with Crippen LogP contribution in [0.4, 0.5) is 13.2 Å². The van der Waals surface area contributed by atoms with Gasteiger partial charge < -0.3 is 10.5 Å². The standard InChI is InChI=1S/C13H24F3NO/c1-3-4-11-5-7-12(9-17,8-6-11)18-10(2)13(14,15)16/h10-11H,3-9,17H2,1-2H3. The van der Waals surface area contributed by atoms with Crippen molar-refractivity contribution in [2.75, 3.05) is 6.54 Å². The average molecular weight is 267 g/mol. The summed E-state index contributed by atoms with van der Waals surface area (Å²) in [6, 6.07) is 0. The van der Waals surface area contributed by atoms with Crippen molar-refractivity contribution in [3.05, 3.63) is 0 Å². The molecular formula is C13H24F3NO. The lowest BCUT2D eigenvalue weighted by molar-refractivity contribution is -0.251.